The number of para-hydroxylation sites is 1. The van der Waals surface area contributed by atoms with Crippen LogP contribution in [0, 0.1) is 0 Å². The highest BCUT2D eigenvalue weighted by atomic mass is 16.2. The maximum atomic E-state index is 12.6. The van der Waals surface area contributed by atoms with Crippen LogP contribution in [-0.4, -0.2) is 50.0 Å². The highest BCUT2D eigenvalue weighted by Crippen LogP contribution is 2.30. The van der Waals surface area contributed by atoms with Crippen molar-refractivity contribution in [2.75, 3.05) is 13.1 Å². The molecule has 4 rings (SSSR count). The molecule has 124 valence electrons. The first kappa shape index (κ1) is 14.9. The molecule has 0 bridgehead atoms. The minimum absolute atomic E-state index is 0.0176. The quantitative estimate of drug-likeness (QED) is 0.865. The van der Waals surface area contributed by atoms with Crippen molar-refractivity contribution in [3.05, 3.63) is 47.8 Å². The summed E-state index contributed by atoms with van der Waals surface area (Å²) in [6.07, 6.45) is 2.61. The van der Waals surface area contributed by atoms with E-state index in [0.717, 1.165) is 24.3 Å². The molecule has 0 radical (unpaired) electrons. The zero-order chi connectivity index (χ0) is 16.9. The molecule has 1 fully saturated rings. The second-order valence-electron chi connectivity index (χ2n) is 7.02. The molecule has 2 aliphatic heterocycles. The van der Waals surface area contributed by atoms with Crippen LogP contribution in [-0.2, 0) is 11.3 Å². The van der Waals surface area contributed by atoms with Crippen molar-refractivity contribution in [3.63, 3.8) is 0 Å². The summed E-state index contributed by atoms with van der Waals surface area (Å²) in [6.45, 7) is 5.44. The molecule has 2 amide bonds. The number of carbonyl (C=O) groups is 2. The molecule has 6 nitrogen and oxygen atoms in total. The zero-order valence-corrected chi connectivity index (χ0v) is 13.9. The van der Waals surface area contributed by atoms with Gasteiger partial charge in [-0.05, 0) is 32.4 Å². The maximum Gasteiger partial charge on any atom is 0.258 e. The molecular weight excluding hydrogens is 304 g/mol. The molecule has 0 N–H and O–H groups in total. The number of amides is 2. The lowest BCUT2D eigenvalue weighted by molar-refractivity contribution is -0.145. The minimum Gasteiger partial charge on any atom is -0.336 e. The Kier molecular flexibility index (Phi) is 3.23. The fourth-order valence-electron chi connectivity index (χ4n) is 3.43. The van der Waals surface area contributed by atoms with Crippen molar-refractivity contribution in [2.24, 2.45) is 0 Å². The summed E-state index contributed by atoms with van der Waals surface area (Å²) >= 11 is 0. The first-order chi connectivity index (χ1) is 11.5. The molecule has 1 saturated heterocycles. The number of nitrogens with zero attached hydrogens (tertiary/aromatic N) is 4. The molecule has 2 aliphatic rings. The Morgan fingerprint density at radius 1 is 1.25 bits per heavy atom. The second kappa shape index (κ2) is 5.19. The number of aromatic nitrogens is 2. The summed E-state index contributed by atoms with van der Waals surface area (Å²) in [5.41, 5.74) is 2.27. The smallest absolute Gasteiger partial charge is 0.258 e. The largest absolute Gasteiger partial charge is 0.336 e. The van der Waals surface area contributed by atoms with Crippen LogP contribution < -0.4 is 0 Å². The second-order valence-corrected chi connectivity index (χ2v) is 7.02. The first-order valence-electron chi connectivity index (χ1n) is 8.19. The van der Waals surface area contributed by atoms with Gasteiger partial charge in [-0.3, -0.25) is 9.59 Å². The summed E-state index contributed by atoms with van der Waals surface area (Å²) in [5.74, 6) is -0.0946. The van der Waals surface area contributed by atoms with Gasteiger partial charge in [0.25, 0.3) is 5.91 Å². The summed E-state index contributed by atoms with van der Waals surface area (Å²) in [6, 6.07) is 9.72. The van der Waals surface area contributed by atoms with Crippen LogP contribution in [0.3, 0.4) is 0 Å². The van der Waals surface area contributed by atoms with E-state index in [1.54, 1.807) is 15.8 Å². The Morgan fingerprint density at radius 2 is 2.00 bits per heavy atom. The van der Waals surface area contributed by atoms with E-state index in [0.29, 0.717) is 12.1 Å². The van der Waals surface area contributed by atoms with Crippen LogP contribution in [0.2, 0.25) is 0 Å². The lowest BCUT2D eigenvalue weighted by Crippen LogP contribution is -2.60. The summed E-state index contributed by atoms with van der Waals surface area (Å²) < 4.78 is 1.78. The number of benzene rings is 1. The van der Waals surface area contributed by atoms with Gasteiger partial charge in [0, 0.05) is 12.1 Å². The van der Waals surface area contributed by atoms with Gasteiger partial charge in [-0.25, -0.2) is 4.68 Å². The van der Waals surface area contributed by atoms with Gasteiger partial charge in [0.2, 0.25) is 5.91 Å². The summed E-state index contributed by atoms with van der Waals surface area (Å²) in [5, 5.41) is 4.33. The molecule has 6 heteroatoms. The third kappa shape index (κ3) is 2.21. The monoisotopic (exact) mass is 324 g/mol. The van der Waals surface area contributed by atoms with E-state index < -0.39 is 0 Å². The number of rotatable bonds is 3. The van der Waals surface area contributed by atoms with Crippen molar-refractivity contribution in [1.29, 1.82) is 0 Å². The highest BCUT2D eigenvalue weighted by Gasteiger charge is 2.41. The molecule has 1 aromatic carbocycles. The third-order valence-corrected chi connectivity index (χ3v) is 5.03. The van der Waals surface area contributed by atoms with E-state index >= 15 is 0 Å². The third-order valence-electron chi connectivity index (χ3n) is 5.03. The predicted octanol–water partition coefficient (Wildman–Crippen LogP) is 1.84. The van der Waals surface area contributed by atoms with Crippen molar-refractivity contribution >= 4 is 11.8 Å². The van der Waals surface area contributed by atoms with Gasteiger partial charge in [0.1, 0.15) is 6.54 Å². The number of hydrogen-bond donors (Lipinski definition) is 0. The highest BCUT2D eigenvalue weighted by molar-refractivity contribution is 6.00. The average molecular weight is 324 g/mol. The fourth-order valence-corrected chi connectivity index (χ4v) is 3.43. The number of carbonyl (C=O) groups excluding carboxylic acids is 2. The zero-order valence-electron chi connectivity index (χ0n) is 13.9. The molecule has 0 saturated carbocycles. The van der Waals surface area contributed by atoms with Gasteiger partial charge >= 0.3 is 0 Å². The Bertz CT molecular complexity index is 810. The number of fused-ring (bicyclic) bond motifs is 1. The van der Waals surface area contributed by atoms with Crippen LogP contribution in [0.25, 0.3) is 5.69 Å². The van der Waals surface area contributed by atoms with Crippen LogP contribution in [0.5, 0.6) is 0 Å². The SMILES string of the molecule is CC1(C)CCN1C(=O)CN1Cc2c(cnn2-c2ccccc2)C1=O. The van der Waals surface area contributed by atoms with E-state index in [4.69, 9.17) is 0 Å². The van der Waals surface area contributed by atoms with E-state index in [1.165, 1.54) is 0 Å². The predicted molar refractivity (Wildman–Crippen MR) is 88.7 cm³/mol. The van der Waals surface area contributed by atoms with Gasteiger partial charge in [-0.1, -0.05) is 18.2 Å². The summed E-state index contributed by atoms with van der Waals surface area (Å²) in [7, 11) is 0. The molecular formula is C18H20N4O2. The van der Waals surface area contributed by atoms with E-state index in [1.807, 2.05) is 35.2 Å². The fraction of sp³-hybridized carbons (Fsp3) is 0.389. The topological polar surface area (TPSA) is 58.4 Å². The van der Waals surface area contributed by atoms with Gasteiger partial charge in [0.15, 0.2) is 0 Å². The van der Waals surface area contributed by atoms with Crippen LogP contribution in [0.4, 0.5) is 0 Å². The number of likely N-dealkylation sites (tertiary alicyclic amines) is 1. The number of hydrogen-bond acceptors (Lipinski definition) is 3. The molecule has 3 heterocycles. The molecule has 0 unspecified atom stereocenters. The average Bonchev–Trinajstić information content (AvgIpc) is 3.08. The Labute approximate surface area is 140 Å². The minimum atomic E-state index is -0.112. The lowest BCUT2D eigenvalue weighted by atomic mass is 9.89. The molecule has 2 aromatic rings. The van der Waals surface area contributed by atoms with Gasteiger partial charge in [0.05, 0.1) is 29.7 Å². The Hall–Kier alpha value is -2.63. The maximum absolute atomic E-state index is 12.6. The Morgan fingerprint density at radius 3 is 2.62 bits per heavy atom. The van der Waals surface area contributed by atoms with Crippen LogP contribution >= 0.6 is 0 Å². The molecule has 0 spiro atoms. The molecule has 1 aromatic heterocycles. The Balaban J connectivity index is 1.54. The van der Waals surface area contributed by atoms with E-state index in [2.05, 4.69) is 18.9 Å². The van der Waals surface area contributed by atoms with E-state index in [-0.39, 0.29) is 23.9 Å². The van der Waals surface area contributed by atoms with Gasteiger partial charge in [-0.15, -0.1) is 0 Å². The van der Waals surface area contributed by atoms with Gasteiger partial charge in [-0.2, -0.15) is 5.10 Å². The molecule has 0 atom stereocenters. The standard InChI is InChI=1S/C18H20N4O2/c1-18(2)8-9-21(18)16(23)12-20-11-15-14(17(20)24)10-19-22(15)13-6-4-3-5-7-13/h3-7,10H,8-9,11-12H2,1-2H3. The van der Waals surface area contributed by atoms with Crippen molar-refractivity contribution in [3.8, 4) is 5.69 Å². The normalized spacial score (nSPS) is 18.5. The summed E-state index contributed by atoms with van der Waals surface area (Å²) in [4.78, 5) is 28.5. The van der Waals surface area contributed by atoms with Gasteiger partial charge < -0.3 is 9.80 Å². The molecule has 24 heavy (non-hydrogen) atoms. The lowest BCUT2D eigenvalue weighted by Gasteiger charge is -2.48. The van der Waals surface area contributed by atoms with Crippen LogP contribution in [0.15, 0.2) is 36.5 Å². The van der Waals surface area contributed by atoms with Crippen molar-refractivity contribution < 1.29 is 9.59 Å². The van der Waals surface area contributed by atoms with E-state index in [9.17, 15) is 9.59 Å². The van der Waals surface area contributed by atoms with Crippen molar-refractivity contribution in [1.82, 2.24) is 19.6 Å². The van der Waals surface area contributed by atoms with Crippen molar-refractivity contribution in [2.45, 2.75) is 32.4 Å². The molecule has 0 aliphatic carbocycles. The van der Waals surface area contributed by atoms with Crippen LogP contribution in [0.1, 0.15) is 36.3 Å². The first-order valence-corrected chi connectivity index (χ1v) is 8.19.